The van der Waals surface area contributed by atoms with Crippen molar-refractivity contribution in [1.82, 2.24) is 29.6 Å². The highest BCUT2D eigenvalue weighted by Crippen LogP contribution is 2.21. The van der Waals surface area contributed by atoms with Gasteiger partial charge in [0.15, 0.2) is 0 Å². The minimum absolute atomic E-state index is 0.0550. The van der Waals surface area contributed by atoms with Crippen molar-refractivity contribution >= 4 is 23.6 Å². The molecule has 0 atom stereocenters. The van der Waals surface area contributed by atoms with Crippen LogP contribution >= 0.6 is 0 Å². The quantitative estimate of drug-likeness (QED) is 0.637. The third-order valence-corrected chi connectivity index (χ3v) is 5.31. The fourth-order valence-electron chi connectivity index (χ4n) is 3.56. The molecule has 1 fully saturated rings. The van der Waals surface area contributed by atoms with E-state index in [9.17, 15) is 4.79 Å². The van der Waals surface area contributed by atoms with Gasteiger partial charge in [-0.15, -0.1) is 0 Å². The molecule has 1 N–H and O–H groups in total. The Labute approximate surface area is 175 Å². The summed E-state index contributed by atoms with van der Waals surface area (Å²) < 4.78 is 1.74. The third kappa shape index (κ3) is 5.08. The second kappa shape index (κ2) is 9.30. The Balaban J connectivity index is 1.25. The number of hydrogen-bond acceptors (Lipinski definition) is 6. The van der Waals surface area contributed by atoms with Crippen molar-refractivity contribution in [3.63, 3.8) is 0 Å². The number of likely N-dealkylation sites (tertiary alicyclic amines) is 1. The molecule has 0 radical (unpaired) electrons. The number of nitrogens with zero attached hydrogens (tertiary/aromatic N) is 6. The van der Waals surface area contributed by atoms with E-state index in [4.69, 9.17) is 0 Å². The Morgan fingerprint density at radius 2 is 1.97 bits per heavy atom. The molecule has 0 saturated carbocycles. The van der Waals surface area contributed by atoms with E-state index in [2.05, 4.69) is 25.4 Å². The van der Waals surface area contributed by atoms with Gasteiger partial charge in [-0.1, -0.05) is 6.07 Å². The van der Waals surface area contributed by atoms with Crippen LogP contribution in [-0.4, -0.2) is 48.6 Å². The van der Waals surface area contributed by atoms with Gasteiger partial charge in [-0.05, 0) is 49.5 Å². The normalized spacial score (nSPS) is 14.9. The number of rotatable bonds is 6. The van der Waals surface area contributed by atoms with Crippen molar-refractivity contribution in [2.24, 2.45) is 13.0 Å². The zero-order valence-corrected chi connectivity index (χ0v) is 17.0. The molecule has 3 aromatic heterocycles. The Morgan fingerprint density at radius 3 is 2.63 bits per heavy atom. The Hall–Kier alpha value is -3.55. The van der Waals surface area contributed by atoms with Gasteiger partial charge in [-0.25, -0.2) is 9.97 Å². The number of nitrogens with one attached hydrogen (secondary N) is 1. The lowest BCUT2D eigenvalue weighted by molar-refractivity contribution is -0.127. The van der Waals surface area contributed by atoms with Crippen molar-refractivity contribution in [3.8, 4) is 0 Å². The van der Waals surface area contributed by atoms with Gasteiger partial charge in [-0.3, -0.25) is 14.5 Å². The summed E-state index contributed by atoms with van der Waals surface area (Å²) in [5, 5.41) is 7.24. The average molecular weight is 403 g/mol. The number of carbonyl (C=O) groups is 1. The molecule has 1 saturated heterocycles. The number of pyridine rings is 1. The minimum atomic E-state index is 0.0550. The van der Waals surface area contributed by atoms with Crippen molar-refractivity contribution < 1.29 is 4.79 Å². The molecule has 0 aliphatic carbocycles. The first-order valence-corrected chi connectivity index (χ1v) is 10.1. The van der Waals surface area contributed by atoms with Gasteiger partial charge in [0.2, 0.25) is 5.91 Å². The van der Waals surface area contributed by atoms with Crippen LogP contribution in [0.25, 0.3) is 6.08 Å². The number of aryl methyl sites for hydroxylation is 1. The van der Waals surface area contributed by atoms with E-state index in [1.165, 1.54) is 0 Å². The zero-order valence-electron chi connectivity index (χ0n) is 17.0. The van der Waals surface area contributed by atoms with Gasteiger partial charge in [-0.2, -0.15) is 5.10 Å². The summed E-state index contributed by atoms with van der Waals surface area (Å²) in [6, 6.07) is 7.56. The summed E-state index contributed by atoms with van der Waals surface area (Å²) in [6.07, 6.45) is 13.3. The SMILES string of the molecule is Cn1nccc1/C=C/C(=O)N1CCC(Cc2cnc(Nc3ccccn3)cn2)CC1. The predicted octanol–water partition coefficient (Wildman–Crippen LogP) is 2.84. The summed E-state index contributed by atoms with van der Waals surface area (Å²) in [7, 11) is 1.86. The van der Waals surface area contributed by atoms with Gasteiger partial charge in [0.25, 0.3) is 0 Å². The van der Waals surface area contributed by atoms with Gasteiger partial charge < -0.3 is 10.2 Å². The lowest BCUT2D eigenvalue weighted by atomic mass is 9.92. The van der Waals surface area contributed by atoms with Crippen molar-refractivity contribution in [3.05, 3.63) is 66.5 Å². The lowest BCUT2D eigenvalue weighted by Gasteiger charge is -2.31. The number of hydrogen-bond donors (Lipinski definition) is 1. The fraction of sp³-hybridized carbons (Fsp3) is 0.318. The second-order valence-corrected chi connectivity index (χ2v) is 7.42. The van der Waals surface area contributed by atoms with E-state index in [1.807, 2.05) is 48.5 Å². The minimum Gasteiger partial charge on any atom is -0.339 e. The molecule has 0 aromatic carbocycles. The highest BCUT2D eigenvalue weighted by Gasteiger charge is 2.22. The van der Waals surface area contributed by atoms with Crippen LogP contribution in [0.4, 0.5) is 11.6 Å². The molecular weight excluding hydrogens is 378 g/mol. The molecule has 4 rings (SSSR count). The van der Waals surface area contributed by atoms with E-state index in [-0.39, 0.29) is 5.91 Å². The first-order valence-electron chi connectivity index (χ1n) is 10.1. The molecule has 3 aromatic rings. The molecule has 0 spiro atoms. The number of carbonyl (C=O) groups excluding carboxylic acids is 1. The Kier molecular flexibility index (Phi) is 6.12. The second-order valence-electron chi connectivity index (χ2n) is 7.42. The van der Waals surface area contributed by atoms with Crippen LogP contribution in [0.3, 0.4) is 0 Å². The Bertz CT molecular complexity index is 990. The topological polar surface area (TPSA) is 88.8 Å². The third-order valence-electron chi connectivity index (χ3n) is 5.31. The molecule has 154 valence electrons. The van der Waals surface area contributed by atoms with E-state index in [0.29, 0.717) is 11.7 Å². The maximum absolute atomic E-state index is 12.4. The highest BCUT2D eigenvalue weighted by molar-refractivity contribution is 5.91. The molecule has 0 bridgehead atoms. The Morgan fingerprint density at radius 1 is 1.10 bits per heavy atom. The fourth-order valence-corrected chi connectivity index (χ4v) is 3.56. The van der Waals surface area contributed by atoms with Gasteiger partial charge >= 0.3 is 0 Å². The van der Waals surface area contributed by atoms with Crippen LogP contribution in [-0.2, 0) is 18.3 Å². The van der Waals surface area contributed by atoms with Crippen LogP contribution in [0.1, 0.15) is 24.2 Å². The first-order chi connectivity index (χ1) is 14.7. The van der Waals surface area contributed by atoms with E-state index < -0.39 is 0 Å². The smallest absolute Gasteiger partial charge is 0.246 e. The highest BCUT2D eigenvalue weighted by atomic mass is 16.2. The molecule has 4 heterocycles. The lowest BCUT2D eigenvalue weighted by Crippen LogP contribution is -2.38. The summed E-state index contributed by atoms with van der Waals surface area (Å²) in [6.45, 7) is 1.54. The molecule has 0 unspecified atom stereocenters. The molecule has 1 amide bonds. The standard InChI is InChI=1S/C22H25N7O/c1-28-19(7-11-26-28)5-6-22(30)29-12-8-17(9-13-29)14-18-15-25-21(16-24-18)27-20-4-2-3-10-23-20/h2-7,10-11,15-17H,8-9,12-14H2,1H3,(H,23,25,27)/b6-5+. The molecule has 8 heteroatoms. The number of amides is 1. The molecular formula is C22H25N7O. The van der Waals surface area contributed by atoms with Crippen molar-refractivity contribution in [2.75, 3.05) is 18.4 Å². The van der Waals surface area contributed by atoms with E-state index in [0.717, 1.165) is 49.6 Å². The molecule has 1 aliphatic rings. The predicted molar refractivity (Wildman–Crippen MR) is 115 cm³/mol. The van der Waals surface area contributed by atoms with Crippen molar-refractivity contribution in [1.29, 1.82) is 0 Å². The summed E-state index contributed by atoms with van der Waals surface area (Å²) in [4.78, 5) is 27.5. The van der Waals surface area contributed by atoms with Crippen LogP contribution in [0.5, 0.6) is 0 Å². The maximum Gasteiger partial charge on any atom is 0.246 e. The maximum atomic E-state index is 12.4. The van der Waals surface area contributed by atoms with Crippen LogP contribution in [0, 0.1) is 5.92 Å². The van der Waals surface area contributed by atoms with Gasteiger partial charge in [0.05, 0.1) is 23.8 Å². The molecule has 8 nitrogen and oxygen atoms in total. The molecule has 1 aliphatic heterocycles. The van der Waals surface area contributed by atoms with Gasteiger partial charge in [0.1, 0.15) is 11.6 Å². The van der Waals surface area contributed by atoms with Crippen molar-refractivity contribution in [2.45, 2.75) is 19.3 Å². The number of aromatic nitrogens is 5. The summed E-state index contributed by atoms with van der Waals surface area (Å²) in [5.41, 5.74) is 1.89. The number of anilines is 2. The molecule has 30 heavy (non-hydrogen) atoms. The van der Waals surface area contributed by atoms with Crippen LogP contribution in [0.2, 0.25) is 0 Å². The largest absolute Gasteiger partial charge is 0.339 e. The van der Waals surface area contributed by atoms with Gasteiger partial charge in [0, 0.05) is 38.6 Å². The van der Waals surface area contributed by atoms with E-state index >= 15 is 0 Å². The monoisotopic (exact) mass is 403 g/mol. The first kappa shape index (κ1) is 19.8. The van der Waals surface area contributed by atoms with Crippen LogP contribution in [0.15, 0.2) is 55.1 Å². The number of piperidine rings is 1. The summed E-state index contributed by atoms with van der Waals surface area (Å²) >= 11 is 0. The average Bonchev–Trinajstić information content (AvgIpc) is 3.19. The van der Waals surface area contributed by atoms with E-state index in [1.54, 1.807) is 29.3 Å². The zero-order chi connectivity index (χ0) is 20.8. The summed E-state index contributed by atoms with van der Waals surface area (Å²) in [5.74, 6) is 1.99. The van der Waals surface area contributed by atoms with Crippen LogP contribution < -0.4 is 5.32 Å².